The summed E-state index contributed by atoms with van der Waals surface area (Å²) in [6.07, 6.45) is 2.40. The van der Waals surface area contributed by atoms with Crippen LogP contribution >= 0.6 is 0 Å². The second-order valence-corrected chi connectivity index (χ2v) is 6.16. The molecule has 0 aliphatic heterocycles. The number of phenols is 1. The van der Waals surface area contributed by atoms with Crippen LogP contribution in [-0.2, 0) is 0 Å². The first-order chi connectivity index (χ1) is 7.85. The topological polar surface area (TPSA) is 20.2 Å². The Morgan fingerprint density at radius 2 is 1.65 bits per heavy atom. The fourth-order valence-corrected chi connectivity index (χ4v) is 2.20. The summed E-state index contributed by atoms with van der Waals surface area (Å²) in [5.74, 6) is 1.56. The van der Waals surface area contributed by atoms with Gasteiger partial charge in [0, 0.05) is 0 Å². The quantitative estimate of drug-likeness (QED) is 0.763. The standard InChI is InChI=1S/C16H26O/c1-6-16(4,5)11-15(12(2)3)13-7-9-14(17)10-8-13/h7-10,12,15,17H,6,11H2,1-5H3. The van der Waals surface area contributed by atoms with Crippen LogP contribution in [0.4, 0.5) is 0 Å². The Morgan fingerprint density at radius 1 is 1.12 bits per heavy atom. The van der Waals surface area contributed by atoms with Gasteiger partial charge in [-0.25, -0.2) is 0 Å². The van der Waals surface area contributed by atoms with Crippen LogP contribution in [0.2, 0.25) is 0 Å². The largest absolute Gasteiger partial charge is 0.508 e. The molecule has 1 N–H and O–H groups in total. The predicted octanol–water partition coefficient (Wildman–Crippen LogP) is 4.96. The summed E-state index contributed by atoms with van der Waals surface area (Å²) in [4.78, 5) is 0. The van der Waals surface area contributed by atoms with Gasteiger partial charge in [0.05, 0.1) is 0 Å². The zero-order valence-corrected chi connectivity index (χ0v) is 11.8. The Hall–Kier alpha value is -0.980. The van der Waals surface area contributed by atoms with E-state index in [1.807, 2.05) is 0 Å². The van der Waals surface area contributed by atoms with Gasteiger partial charge in [0.2, 0.25) is 0 Å². The first-order valence-corrected chi connectivity index (χ1v) is 6.64. The van der Waals surface area contributed by atoms with Crippen molar-refractivity contribution < 1.29 is 5.11 Å². The number of aromatic hydroxyl groups is 1. The summed E-state index contributed by atoms with van der Waals surface area (Å²) in [6.45, 7) is 11.5. The number of rotatable bonds is 5. The average Bonchev–Trinajstić information content (AvgIpc) is 2.27. The molecule has 0 saturated heterocycles. The van der Waals surface area contributed by atoms with Gasteiger partial charge in [-0.15, -0.1) is 0 Å². The van der Waals surface area contributed by atoms with Crippen LogP contribution in [0.25, 0.3) is 0 Å². The maximum atomic E-state index is 9.36. The molecule has 1 heteroatoms. The molecule has 1 rings (SSSR count). The molecule has 0 bridgehead atoms. The molecule has 0 aliphatic rings. The monoisotopic (exact) mass is 234 g/mol. The molecular weight excluding hydrogens is 208 g/mol. The molecule has 96 valence electrons. The number of phenolic OH excluding ortho intramolecular Hbond substituents is 1. The molecule has 1 nitrogen and oxygen atoms in total. The lowest BCUT2D eigenvalue weighted by atomic mass is 9.74. The van der Waals surface area contributed by atoms with E-state index in [4.69, 9.17) is 0 Å². The van der Waals surface area contributed by atoms with Crippen LogP contribution in [0.5, 0.6) is 5.75 Å². The van der Waals surface area contributed by atoms with Crippen LogP contribution < -0.4 is 0 Å². The molecular formula is C16H26O. The maximum Gasteiger partial charge on any atom is 0.115 e. The molecule has 0 aromatic heterocycles. The van der Waals surface area contributed by atoms with Crippen molar-refractivity contribution >= 4 is 0 Å². The molecule has 17 heavy (non-hydrogen) atoms. The molecule has 0 fully saturated rings. The van der Waals surface area contributed by atoms with Crippen LogP contribution in [0, 0.1) is 11.3 Å². The number of benzene rings is 1. The van der Waals surface area contributed by atoms with Crippen LogP contribution in [-0.4, -0.2) is 5.11 Å². The van der Waals surface area contributed by atoms with Gasteiger partial charge < -0.3 is 5.11 Å². The molecule has 0 aliphatic carbocycles. The summed E-state index contributed by atoms with van der Waals surface area (Å²) in [5.41, 5.74) is 1.73. The minimum Gasteiger partial charge on any atom is -0.508 e. The molecule has 1 aromatic carbocycles. The zero-order valence-electron chi connectivity index (χ0n) is 11.8. The molecule has 1 atom stereocenters. The van der Waals surface area contributed by atoms with Gasteiger partial charge in [0.1, 0.15) is 5.75 Å². The summed E-state index contributed by atoms with van der Waals surface area (Å²) < 4.78 is 0. The normalized spacial score (nSPS) is 14.0. The number of hydrogen-bond acceptors (Lipinski definition) is 1. The van der Waals surface area contributed by atoms with Crippen molar-refractivity contribution in [3.63, 3.8) is 0 Å². The van der Waals surface area contributed by atoms with E-state index in [1.165, 1.54) is 18.4 Å². The van der Waals surface area contributed by atoms with E-state index in [0.717, 1.165) is 0 Å². The van der Waals surface area contributed by atoms with Gasteiger partial charge in [-0.2, -0.15) is 0 Å². The molecule has 0 radical (unpaired) electrons. The Balaban J connectivity index is 2.90. The molecule has 0 saturated carbocycles. The summed E-state index contributed by atoms with van der Waals surface area (Å²) in [6, 6.07) is 7.71. The van der Waals surface area contributed by atoms with Crippen LogP contribution in [0.15, 0.2) is 24.3 Å². The van der Waals surface area contributed by atoms with E-state index < -0.39 is 0 Å². The SMILES string of the molecule is CCC(C)(C)CC(c1ccc(O)cc1)C(C)C. The Morgan fingerprint density at radius 3 is 2.06 bits per heavy atom. The molecule has 1 aromatic rings. The van der Waals surface area contributed by atoms with Crippen molar-refractivity contribution in [2.24, 2.45) is 11.3 Å². The fraction of sp³-hybridized carbons (Fsp3) is 0.625. The highest BCUT2D eigenvalue weighted by atomic mass is 16.3. The molecule has 0 amide bonds. The summed E-state index contributed by atoms with van der Waals surface area (Å²) >= 11 is 0. The van der Waals surface area contributed by atoms with E-state index >= 15 is 0 Å². The Bertz CT molecular complexity index is 335. The smallest absolute Gasteiger partial charge is 0.115 e. The average molecular weight is 234 g/mol. The van der Waals surface area contributed by atoms with Gasteiger partial charge in [-0.1, -0.05) is 53.2 Å². The Labute approximate surface area is 106 Å². The van der Waals surface area contributed by atoms with E-state index in [2.05, 4.69) is 46.8 Å². The second-order valence-electron chi connectivity index (χ2n) is 6.16. The van der Waals surface area contributed by atoms with E-state index in [9.17, 15) is 5.11 Å². The first kappa shape index (κ1) is 14.1. The minimum absolute atomic E-state index is 0.353. The van der Waals surface area contributed by atoms with Gasteiger partial charge in [-0.3, -0.25) is 0 Å². The lowest BCUT2D eigenvalue weighted by Gasteiger charge is -2.31. The fourth-order valence-electron chi connectivity index (χ4n) is 2.20. The van der Waals surface area contributed by atoms with Crippen LogP contribution in [0.1, 0.15) is 58.9 Å². The highest BCUT2D eigenvalue weighted by Crippen LogP contribution is 2.38. The second kappa shape index (κ2) is 5.57. The van der Waals surface area contributed by atoms with Crippen molar-refractivity contribution in [3.8, 4) is 5.75 Å². The molecule has 1 unspecified atom stereocenters. The van der Waals surface area contributed by atoms with Crippen LogP contribution in [0.3, 0.4) is 0 Å². The van der Waals surface area contributed by atoms with E-state index in [0.29, 0.717) is 23.0 Å². The highest BCUT2D eigenvalue weighted by molar-refractivity contribution is 5.28. The first-order valence-electron chi connectivity index (χ1n) is 6.64. The Kier molecular flexibility index (Phi) is 4.62. The molecule has 0 spiro atoms. The lowest BCUT2D eigenvalue weighted by Crippen LogP contribution is -2.18. The predicted molar refractivity (Wildman–Crippen MR) is 74.4 cm³/mol. The summed E-state index contributed by atoms with van der Waals surface area (Å²) in [5, 5.41) is 9.36. The minimum atomic E-state index is 0.353. The third-order valence-corrected chi connectivity index (χ3v) is 3.86. The van der Waals surface area contributed by atoms with Gasteiger partial charge >= 0.3 is 0 Å². The maximum absolute atomic E-state index is 9.36. The number of hydrogen-bond donors (Lipinski definition) is 1. The summed E-state index contributed by atoms with van der Waals surface area (Å²) in [7, 11) is 0. The van der Waals surface area contributed by atoms with Crippen molar-refractivity contribution in [2.45, 2.75) is 53.4 Å². The van der Waals surface area contributed by atoms with Crippen molar-refractivity contribution in [3.05, 3.63) is 29.8 Å². The van der Waals surface area contributed by atoms with Crippen molar-refractivity contribution in [2.75, 3.05) is 0 Å². The lowest BCUT2D eigenvalue weighted by molar-refractivity contribution is 0.264. The van der Waals surface area contributed by atoms with Gasteiger partial charge in [0.25, 0.3) is 0 Å². The van der Waals surface area contributed by atoms with Crippen molar-refractivity contribution in [1.29, 1.82) is 0 Å². The van der Waals surface area contributed by atoms with Gasteiger partial charge in [0.15, 0.2) is 0 Å². The van der Waals surface area contributed by atoms with E-state index in [-0.39, 0.29) is 0 Å². The molecule has 0 heterocycles. The third kappa shape index (κ3) is 4.07. The third-order valence-electron chi connectivity index (χ3n) is 3.86. The zero-order chi connectivity index (χ0) is 13.1. The van der Waals surface area contributed by atoms with E-state index in [1.54, 1.807) is 12.1 Å². The van der Waals surface area contributed by atoms with Crippen molar-refractivity contribution in [1.82, 2.24) is 0 Å². The van der Waals surface area contributed by atoms with Gasteiger partial charge in [-0.05, 0) is 41.4 Å². The highest BCUT2D eigenvalue weighted by Gasteiger charge is 2.24.